The van der Waals surface area contributed by atoms with Gasteiger partial charge in [0.15, 0.2) is 11.9 Å². The van der Waals surface area contributed by atoms with Crippen molar-refractivity contribution in [1.29, 1.82) is 0 Å². The van der Waals surface area contributed by atoms with Gasteiger partial charge in [-0.15, -0.1) is 0 Å². The van der Waals surface area contributed by atoms with Crippen LogP contribution in [-0.2, 0) is 10.2 Å². The van der Waals surface area contributed by atoms with Crippen molar-refractivity contribution in [1.82, 2.24) is 0 Å². The maximum absolute atomic E-state index is 13.0. The van der Waals surface area contributed by atoms with Crippen LogP contribution in [0, 0.1) is 5.82 Å². The van der Waals surface area contributed by atoms with Crippen LogP contribution in [0.1, 0.15) is 49.2 Å². The van der Waals surface area contributed by atoms with Crippen LogP contribution in [0.25, 0.3) is 0 Å². The van der Waals surface area contributed by atoms with Gasteiger partial charge in [0.05, 0.1) is 0 Å². The number of amides is 1. The Balaban J connectivity index is 1.68. The summed E-state index contributed by atoms with van der Waals surface area (Å²) in [6, 6.07) is 19.8. The van der Waals surface area contributed by atoms with E-state index in [0.717, 1.165) is 5.56 Å². The van der Waals surface area contributed by atoms with Crippen LogP contribution in [-0.4, -0.2) is 17.8 Å². The number of rotatable bonds is 6. The molecule has 0 saturated heterocycles. The molecule has 0 bridgehead atoms. The number of benzene rings is 3. The molecule has 160 valence electrons. The van der Waals surface area contributed by atoms with Crippen LogP contribution in [0.3, 0.4) is 0 Å². The van der Waals surface area contributed by atoms with E-state index >= 15 is 0 Å². The minimum absolute atomic E-state index is 0.0124. The number of ether oxygens (including phenoxy) is 1. The topological polar surface area (TPSA) is 55.4 Å². The second-order valence-corrected chi connectivity index (χ2v) is 8.44. The third-order valence-electron chi connectivity index (χ3n) is 4.90. The lowest BCUT2D eigenvalue weighted by molar-refractivity contribution is -0.122. The number of nitrogens with one attached hydrogen (secondary N) is 1. The van der Waals surface area contributed by atoms with Crippen LogP contribution in [0.15, 0.2) is 72.8 Å². The number of hydrogen-bond donors (Lipinski definition) is 1. The van der Waals surface area contributed by atoms with Gasteiger partial charge in [-0.2, -0.15) is 0 Å². The zero-order valence-electron chi connectivity index (χ0n) is 18.1. The van der Waals surface area contributed by atoms with Gasteiger partial charge in [-0.1, -0.05) is 57.2 Å². The summed E-state index contributed by atoms with van der Waals surface area (Å²) in [5, 5.41) is 2.76. The Bertz CT molecular complexity index is 1070. The monoisotopic (exact) mass is 419 g/mol. The first-order valence-electron chi connectivity index (χ1n) is 10.1. The molecule has 3 aromatic rings. The molecule has 3 rings (SSSR count). The van der Waals surface area contributed by atoms with Gasteiger partial charge in [0.2, 0.25) is 0 Å². The first kappa shape index (κ1) is 22.2. The Labute approximate surface area is 182 Å². The average molecular weight is 419 g/mol. The summed E-state index contributed by atoms with van der Waals surface area (Å²) < 4.78 is 18.5. The molecular formula is C26H26FNO3. The molecule has 3 aromatic carbocycles. The highest BCUT2D eigenvalue weighted by atomic mass is 19.1. The van der Waals surface area contributed by atoms with Crippen molar-refractivity contribution < 1.29 is 18.7 Å². The normalized spacial score (nSPS) is 12.2. The minimum atomic E-state index is -0.797. The quantitative estimate of drug-likeness (QED) is 0.517. The van der Waals surface area contributed by atoms with Crippen molar-refractivity contribution in [3.05, 3.63) is 95.3 Å². The van der Waals surface area contributed by atoms with Crippen LogP contribution < -0.4 is 10.1 Å². The van der Waals surface area contributed by atoms with E-state index in [1.807, 2.05) is 24.3 Å². The molecule has 4 nitrogen and oxygen atoms in total. The molecule has 0 radical (unpaired) electrons. The van der Waals surface area contributed by atoms with Crippen LogP contribution in [0.2, 0.25) is 0 Å². The van der Waals surface area contributed by atoms with Crippen LogP contribution in [0.4, 0.5) is 10.1 Å². The molecule has 31 heavy (non-hydrogen) atoms. The summed E-state index contributed by atoms with van der Waals surface area (Å²) in [7, 11) is 0. The first-order chi connectivity index (χ1) is 14.6. The number of ketones is 1. The third kappa shape index (κ3) is 5.79. The van der Waals surface area contributed by atoms with Gasteiger partial charge in [-0.3, -0.25) is 9.59 Å². The summed E-state index contributed by atoms with van der Waals surface area (Å²) in [6.07, 6.45) is -0.797. The molecule has 0 heterocycles. The summed E-state index contributed by atoms with van der Waals surface area (Å²) in [4.78, 5) is 25.4. The molecule has 1 amide bonds. The Hall–Kier alpha value is -3.47. The molecule has 0 aliphatic rings. The van der Waals surface area contributed by atoms with Gasteiger partial charge < -0.3 is 10.1 Å². The number of halogens is 1. The Kier molecular flexibility index (Phi) is 6.54. The predicted octanol–water partition coefficient (Wildman–Crippen LogP) is 5.76. The van der Waals surface area contributed by atoms with E-state index in [0.29, 0.717) is 22.6 Å². The van der Waals surface area contributed by atoms with Crippen molar-refractivity contribution in [3.8, 4) is 5.75 Å². The molecule has 0 aromatic heterocycles. The van der Waals surface area contributed by atoms with E-state index < -0.39 is 6.10 Å². The smallest absolute Gasteiger partial charge is 0.265 e. The fourth-order valence-corrected chi connectivity index (χ4v) is 3.04. The summed E-state index contributed by atoms with van der Waals surface area (Å²) >= 11 is 0. The van der Waals surface area contributed by atoms with E-state index in [1.165, 1.54) is 24.3 Å². The van der Waals surface area contributed by atoms with E-state index in [1.54, 1.807) is 31.2 Å². The zero-order chi connectivity index (χ0) is 22.6. The van der Waals surface area contributed by atoms with Crippen molar-refractivity contribution in [3.63, 3.8) is 0 Å². The van der Waals surface area contributed by atoms with Crippen molar-refractivity contribution in [2.24, 2.45) is 0 Å². The van der Waals surface area contributed by atoms with Crippen LogP contribution >= 0.6 is 0 Å². The van der Waals surface area contributed by atoms with E-state index in [4.69, 9.17) is 4.74 Å². The highest BCUT2D eigenvalue weighted by Gasteiger charge is 2.17. The molecule has 1 N–H and O–H groups in total. The molecule has 0 unspecified atom stereocenters. The van der Waals surface area contributed by atoms with E-state index in [2.05, 4.69) is 26.1 Å². The molecule has 0 aliphatic carbocycles. The third-order valence-corrected chi connectivity index (χ3v) is 4.90. The SMILES string of the molecule is C[C@H](Oc1ccc(F)cc1)C(=O)Nc1cccc(C(=O)c2ccc(C(C)(C)C)cc2)c1. The van der Waals surface area contributed by atoms with E-state index in [9.17, 15) is 14.0 Å². The fraction of sp³-hybridized carbons (Fsp3) is 0.231. The number of carbonyl (C=O) groups excluding carboxylic acids is 2. The van der Waals surface area contributed by atoms with Crippen LogP contribution in [0.5, 0.6) is 5.75 Å². The lowest BCUT2D eigenvalue weighted by Gasteiger charge is -2.19. The van der Waals surface area contributed by atoms with Crippen molar-refractivity contribution in [2.45, 2.75) is 39.2 Å². The maximum atomic E-state index is 13.0. The van der Waals surface area contributed by atoms with E-state index in [-0.39, 0.29) is 22.9 Å². The molecule has 0 spiro atoms. The fourth-order valence-electron chi connectivity index (χ4n) is 3.04. The van der Waals surface area contributed by atoms with Gasteiger partial charge in [-0.25, -0.2) is 4.39 Å². The minimum Gasteiger partial charge on any atom is -0.481 e. The standard InChI is InChI=1S/C26H26FNO3/c1-17(31-23-14-12-21(27)13-15-23)25(30)28-22-7-5-6-19(16-22)24(29)18-8-10-20(11-9-18)26(2,3)4/h5-17H,1-4H3,(H,28,30)/t17-/m0/s1. The highest BCUT2D eigenvalue weighted by Crippen LogP contribution is 2.23. The Morgan fingerprint density at radius 3 is 2.16 bits per heavy atom. The van der Waals surface area contributed by atoms with Gasteiger partial charge >= 0.3 is 0 Å². The lowest BCUT2D eigenvalue weighted by atomic mass is 9.86. The van der Waals surface area contributed by atoms with Gasteiger partial charge in [-0.05, 0) is 54.3 Å². The molecule has 1 atom stereocenters. The zero-order valence-corrected chi connectivity index (χ0v) is 18.1. The van der Waals surface area contributed by atoms with Gasteiger partial charge in [0.1, 0.15) is 11.6 Å². The number of hydrogen-bond acceptors (Lipinski definition) is 3. The molecule has 0 saturated carbocycles. The summed E-state index contributed by atoms with van der Waals surface area (Å²) in [6.45, 7) is 7.97. The lowest BCUT2D eigenvalue weighted by Crippen LogP contribution is -2.30. The Morgan fingerprint density at radius 2 is 1.55 bits per heavy atom. The van der Waals surface area contributed by atoms with Crippen molar-refractivity contribution >= 4 is 17.4 Å². The summed E-state index contributed by atoms with van der Waals surface area (Å²) in [5.74, 6) is -0.471. The maximum Gasteiger partial charge on any atom is 0.265 e. The second kappa shape index (κ2) is 9.13. The van der Waals surface area contributed by atoms with Gasteiger partial charge in [0.25, 0.3) is 5.91 Å². The van der Waals surface area contributed by atoms with Gasteiger partial charge in [0, 0.05) is 16.8 Å². The number of carbonyl (C=O) groups is 2. The highest BCUT2D eigenvalue weighted by molar-refractivity contribution is 6.09. The first-order valence-corrected chi connectivity index (χ1v) is 10.1. The molecule has 0 aliphatic heterocycles. The average Bonchev–Trinajstić information content (AvgIpc) is 2.74. The number of anilines is 1. The largest absolute Gasteiger partial charge is 0.481 e. The Morgan fingerprint density at radius 1 is 0.903 bits per heavy atom. The van der Waals surface area contributed by atoms with Crippen molar-refractivity contribution in [2.75, 3.05) is 5.32 Å². The predicted molar refractivity (Wildman–Crippen MR) is 120 cm³/mol. The summed E-state index contributed by atoms with van der Waals surface area (Å²) in [5.41, 5.74) is 2.73. The second-order valence-electron chi connectivity index (χ2n) is 8.44. The molecule has 0 fully saturated rings. The molecular weight excluding hydrogens is 393 g/mol. The molecule has 5 heteroatoms.